The molecule has 0 amide bonds. The van der Waals surface area contributed by atoms with E-state index in [9.17, 15) is 0 Å². The summed E-state index contributed by atoms with van der Waals surface area (Å²) in [5.74, 6) is 0. The van der Waals surface area contributed by atoms with Crippen molar-refractivity contribution in [3.8, 4) is 33.4 Å². The van der Waals surface area contributed by atoms with Crippen LogP contribution in [0.15, 0.2) is 138 Å². The Labute approximate surface area is 288 Å². The summed E-state index contributed by atoms with van der Waals surface area (Å²) in [5.41, 5.74) is 12.0. The van der Waals surface area contributed by atoms with Crippen LogP contribution < -0.4 is 0 Å². The lowest BCUT2D eigenvalue weighted by molar-refractivity contribution is 0.590. The Hall–Kier alpha value is -5.40. The molecule has 0 fully saturated rings. The molecule has 0 spiro atoms. The number of hydrogen-bond donors (Lipinski definition) is 0. The van der Waals surface area contributed by atoms with E-state index in [1.807, 2.05) is 0 Å². The van der Waals surface area contributed by atoms with Crippen molar-refractivity contribution >= 4 is 54.3 Å². The molecular weight excluding hydrogens is 593 g/mol. The van der Waals surface area contributed by atoms with Gasteiger partial charge in [-0.15, -0.1) is 0 Å². The highest BCUT2D eigenvalue weighted by molar-refractivity contribution is 6.30. The van der Waals surface area contributed by atoms with Gasteiger partial charge >= 0.3 is 0 Å². The molecular formula is C48H40O. The Kier molecular flexibility index (Phi) is 6.40. The molecule has 1 aromatic heterocycles. The lowest BCUT2D eigenvalue weighted by Gasteiger charge is -2.22. The maximum Gasteiger partial charge on any atom is 0.143 e. The van der Waals surface area contributed by atoms with E-state index in [1.165, 1.54) is 71.3 Å². The number of rotatable bonds is 3. The largest absolute Gasteiger partial charge is 0.455 e. The maximum atomic E-state index is 6.65. The first-order chi connectivity index (χ1) is 23.6. The Balaban J connectivity index is 1.41. The number of fused-ring (bicyclic) bond motifs is 3. The van der Waals surface area contributed by atoms with Crippen LogP contribution in [-0.4, -0.2) is 0 Å². The Morgan fingerprint density at radius 2 is 0.959 bits per heavy atom. The van der Waals surface area contributed by atoms with Crippen molar-refractivity contribution in [2.45, 2.75) is 52.4 Å². The molecule has 0 saturated carbocycles. The van der Waals surface area contributed by atoms with Crippen LogP contribution in [-0.2, 0) is 10.8 Å². The van der Waals surface area contributed by atoms with E-state index in [-0.39, 0.29) is 10.8 Å². The highest BCUT2D eigenvalue weighted by atomic mass is 16.3. The molecule has 9 aromatic rings. The fraction of sp³-hybridized carbons (Fsp3) is 0.167. The molecule has 0 saturated heterocycles. The van der Waals surface area contributed by atoms with Gasteiger partial charge in [0.05, 0.1) is 0 Å². The molecule has 49 heavy (non-hydrogen) atoms. The van der Waals surface area contributed by atoms with Crippen molar-refractivity contribution in [1.82, 2.24) is 0 Å². The second-order valence-corrected chi connectivity index (χ2v) is 15.8. The smallest absolute Gasteiger partial charge is 0.143 e. The van der Waals surface area contributed by atoms with Crippen LogP contribution in [0, 0.1) is 0 Å². The number of furan rings is 1. The molecule has 238 valence electrons. The van der Waals surface area contributed by atoms with E-state index in [1.54, 1.807) is 0 Å². The second-order valence-electron chi connectivity index (χ2n) is 15.8. The summed E-state index contributed by atoms with van der Waals surface area (Å²) in [5, 5.41) is 10.0. The van der Waals surface area contributed by atoms with E-state index in [4.69, 9.17) is 4.42 Å². The van der Waals surface area contributed by atoms with Gasteiger partial charge in [-0.05, 0) is 94.2 Å². The minimum Gasteiger partial charge on any atom is -0.455 e. The van der Waals surface area contributed by atoms with Gasteiger partial charge in [-0.1, -0.05) is 163 Å². The van der Waals surface area contributed by atoms with E-state index in [2.05, 4.69) is 175 Å². The third-order valence-corrected chi connectivity index (χ3v) is 10.6. The lowest BCUT2D eigenvalue weighted by atomic mass is 9.81. The molecule has 1 nitrogen and oxygen atoms in total. The van der Waals surface area contributed by atoms with Crippen LogP contribution in [0.1, 0.15) is 52.7 Å². The van der Waals surface area contributed by atoms with E-state index >= 15 is 0 Å². The molecule has 0 aliphatic rings. The van der Waals surface area contributed by atoms with Gasteiger partial charge in [0.2, 0.25) is 0 Å². The maximum absolute atomic E-state index is 6.65. The van der Waals surface area contributed by atoms with Gasteiger partial charge in [-0.3, -0.25) is 0 Å². The van der Waals surface area contributed by atoms with Gasteiger partial charge in [0, 0.05) is 16.3 Å². The molecule has 9 rings (SSSR count). The average molecular weight is 633 g/mol. The van der Waals surface area contributed by atoms with E-state index in [0.29, 0.717) is 0 Å². The zero-order valence-electron chi connectivity index (χ0n) is 29.1. The van der Waals surface area contributed by atoms with Gasteiger partial charge in [0.1, 0.15) is 11.2 Å². The molecule has 0 aliphatic carbocycles. The van der Waals surface area contributed by atoms with Gasteiger partial charge in [-0.25, -0.2) is 0 Å². The quantitative estimate of drug-likeness (QED) is 0.177. The summed E-state index contributed by atoms with van der Waals surface area (Å²) in [4.78, 5) is 0. The normalized spacial score (nSPS) is 12.7. The predicted molar refractivity (Wildman–Crippen MR) is 211 cm³/mol. The highest BCUT2D eigenvalue weighted by Gasteiger charge is 2.22. The monoisotopic (exact) mass is 632 g/mol. The van der Waals surface area contributed by atoms with Gasteiger partial charge in [0.15, 0.2) is 0 Å². The summed E-state index contributed by atoms with van der Waals surface area (Å²) in [6.07, 6.45) is 0. The standard InChI is InChI=1S/C48H40O/c1-47(2,3)32-14-9-12-30(26-32)34-22-20-29-21-23-37-41(31-13-10-15-33(27-31)48(4,5)6)28-42(38-25-24-36(34)44(29)45(37)38)40-18-11-17-39-35-16-7-8-19-43(35)49-46(39)40/h7-28H,1-6H3. The van der Waals surface area contributed by atoms with E-state index in [0.717, 1.165) is 27.5 Å². The zero-order chi connectivity index (χ0) is 33.7. The van der Waals surface area contributed by atoms with Gasteiger partial charge in [0.25, 0.3) is 0 Å². The summed E-state index contributed by atoms with van der Waals surface area (Å²) >= 11 is 0. The van der Waals surface area contributed by atoms with Crippen LogP contribution in [0.25, 0.3) is 87.6 Å². The molecule has 0 radical (unpaired) electrons. The van der Waals surface area contributed by atoms with E-state index < -0.39 is 0 Å². The number of benzene rings is 8. The van der Waals surface area contributed by atoms with Crippen molar-refractivity contribution in [2.24, 2.45) is 0 Å². The SMILES string of the molecule is CC(C)(C)c1cccc(-c2ccc3ccc4c(-c5cccc(C(C)(C)C)c5)cc(-c5cccc6c5oc5ccccc56)c5ccc2c3c45)c1. The molecule has 0 aliphatic heterocycles. The first-order valence-corrected chi connectivity index (χ1v) is 17.4. The van der Waals surface area contributed by atoms with Gasteiger partial charge in [-0.2, -0.15) is 0 Å². The first-order valence-electron chi connectivity index (χ1n) is 17.4. The van der Waals surface area contributed by atoms with Crippen LogP contribution in [0.3, 0.4) is 0 Å². The molecule has 8 aromatic carbocycles. The molecule has 1 heteroatoms. The zero-order valence-corrected chi connectivity index (χ0v) is 29.1. The highest BCUT2D eigenvalue weighted by Crippen LogP contribution is 2.48. The van der Waals surface area contributed by atoms with Gasteiger partial charge < -0.3 is 4.42 Å². The fourth-order valence-corrected chi connectivity index (χ4v) is 7.88. The summed E-state index contributed by atoms with van der Waals surface area (Å²) < 4.78 is 6.65. The van der Waals surface area contributed by atoms with Crippen molar-refractivity contribution in [2.75, 3.05) is 0 Å². The Morgan fingerprint density at radius 1 is 0.388 bits per heavy atom. The number of para-hydroxylation sites is 2. The van der Waals surface area contributed by atoms with Crippen molar-refractivity contribution in [3.05, 3.63) is 145 Å². The van der Waals surface area contributed by atoms with Crippen molar-refractivity contribution in [1.29, 1.82) is 0 Å². The third-order valence-electron chi connectivity index (χ3n) is 10.6. The Bertz CT molecular complexity index is 2720. The summed E-state index contributed by atoms with van der Waals surface area (Å²) in [7, 11) is 0. The summed E-state index contributed by atoms with van der Waals surface area (Å²) in [6.45, 7) is 13.7. The van der Waals surface area contributed by atoms with Crippen LogP contribution in [0.4, 0.5) is 0 Å². The van der Waals surface area contributed by atoms with Crippen molar-refractivity contribution < 1.29 is 4.42 Å². The second kappa shape index (κ2) is 10.5. The lowest BCUT2D eigenvalue weighted by Crippen LogP contribution is -2.10. The fourth-order valence-electron chi connectivity index (χ4n) is 7.88. The minimum atomic E-state index is 0.0407. The third kappa shape index (κ3) is 4.67. The average Bonchev–Trinajstić information content (AvgIpc) is 3.49. The molecule has 0 unspecified atom stereocenters. The predicted octanol–water partition coefficient (Wildman–Crippen LogP) is 14.1. The molecule has 1 heterocycles. The van der Waals surface area contributed by atoms with Crippen LogP contribution in [0.2, 0.25) is 0 Å². The number of hydrogen-bond acceptors (Lipinski definition) is 1. The van der Waals surface area contributed by atoms with Crippen molar-refractivity contribution in [3.63, 3.8) is 0 Å². The topological polar surface area (TPSA) is 13.1 Å². The van der Waals surface area contributed by atoms with Crippen LogP contribution >= 0.6 is 0 Å². The van der Waals surface area contributed by atoms with Crippen LogP contribution in [0.5, 0.6) is 0 Å². The summed E-state index contributed by atoms with van der Waals surface area (Å²) in [6, 6.07) is 49.6. The molecule has 0 N–H and O–H groups in total. The first kappa shape index (κ1) is 29.7. The Morgan fingerprint density at radius 3 is 1.67 bits per heavy atom. The minimum absolute atomic E-state index is 0.0407. The molecule has 0 bridgehead atoms. The molecule has 0 atom stereocenters.